The molecule has 0 aliphatic rings. The summed E-state index contributed by atoms with van der Waals surface area (Å²) < 4.78 is 5.20. The van der Waals surface area contributed by atoms with E-state index < -0.39 is 17.4 Å². The second-order valence-corrected chi connectivity index (χ2v) is 4.46. The van der Waals surface area contributed by atoms with E-state index in [0.29, 0.717) is 6.61 Å². The van der Waals surface area contributed by atoms with Crippen molar-refractivity contribution < 1.29 is 19.4 Å². The fourth-order valence-electron chi connectivity index (χ4n) is 1.27. The number of hydrogen-bond donors (Lipinski definition) is 2. The smallest absolute Gasteiger partial charge is 0.328 e. The lowest BCUT2D eigenvalue weighted by atomic mass is 10.1. The first-order valence-electron chi connectivity index (χ1n) is 5.58. The first kappa shape index (κ1) is 14.2. The third-order valence-corrected chi connectivity index (χ3v) is 2.33. The number of carbonyl (C=O) groups is 2. The summed E-state index contributed by atoms with van der Waals surface area (Å²) >= 11 is 0. The molecule has 2 N–H and O–H groups in total. The van der Waals surface area contributed by atoms with Crippen molar-refractivity contribution in [2.75, 3.05) is 6.61 Å². The molecule has 0 saturated heterocycles. The van der Waals surface area contributed by atoms with E-state index in [4.69, 9.17) is 9.84 Å². The maximum absolute atomic E-state index is 11.5. The van der Waals surface area contributed by atoms with Gasteiger partial charge in [-0.2, -0.15) is 0 Å². The van der Waals surface area contributed by atoms with Gasteiger partial charge < -0.3 is 15.2 Å². The van der Waals surface area contributed by atoms with Gasteiger partial charge in [0.25, 0.3) is 0 Å². The summed E-state index contributed by atoms with van der Waals surface area (Å²) in [5.74, 6) is -1.53. The Bertz CT molecular complexity index is 414. The Morgan fingerprint density at radius 1 is 1.28 bits per heavy atom. The number of ether oxygens (including phenoxy) is 1. The number of aliphatic carboxylic acids is 1. The van der Waals surface area contributed by atoms with Crippen LogP contribution in [0.2, 0.25) is 0 Å². The molecule has 0 aliphatic heterocycles. The summed E-state index contributed by atoms with van der Waals surface area (Å²) in [7, 11) is 0. The highest BCUT2D eigenvalue weighted by Gasteiger charge is 2.28. The SMILES string of the molecule is CC(C)(NC(=O)COCc1ccccc1)C(=O)O. The van der Waals surface area contributed by atoms with Crippen LogP contribution in [0.3, 0.4) is 0 Å². The Morgan fingerprint density at radius 3 is 2.44 bits per heavy atom. The van der Waals surface area contributed by atoms with E-state index in [1.165, 1.54) is 13.8 Å². The number of hydrogen-bond acceptors (Lipinski definition) is 3. The van der Waals surface area contributed by atoms with Crippen molar-refractivity contribution in [1.82, 2.24) is 5.32 Å². The summed E-state index contributed by atoms with van der Waals surface area (Å²) in [5.41, 5.74) is -0.324. The fourth-order valence-corrected chi connectivity index (χ4v) is 1.27. The average molecular weight is 251 g/mol. The molecule has 98 valence electrons. The molecule has 0 bridgehead atoms. The number of carboxylic acids is 1. The van der Waals surface area contributed by atoms with Crippen LogP contribution in [0, 0.1) is 0 Å². The van der Waals surface area contributed by atoms with Crippen LogP contribution in [-0.4, -0.2) is 29.1 Å². The van der Waals surface area contributed by atoms with Gasteiger partial charge >= 0.3 is 5.97 Å². The number of carbonyl (C=O) groups excluding carboxylic acids is 1. The Labute approximate surface area is 106 Å². The molecule has 0 radical (unpaired) electrons. The highest BCUT2D eigenvalue weighted by molar-refractivity contribution is 5.86. The highest BCUT2D eigenvalue weighted by atomic mass is 16.5. The van der Waals surface area contributed by atoms with Crippen LogP contribution in [0.15, 0.2) is 30.3 Å². The van der Waals surface area contributed by atoms with Crippen molar-refractivity contribution in [3.05, 3.63) is 35.9 Å². The molecular formula is C13H17NO4. The number of rotatable bonds is 6. The van der Waals surface area contributed by atoms with E-state index >= 15 is 0 Å². The Morgan fingerprint density at radius 2 is 1.89 bits per heavy atom. The van der Waals surface area contributed by atoms with Gasteiger partial charge in [-0.3, -0.25) is 4.79 Å². The zero-order valence-electron chi connectivity index (χ0n) is 10.5. The minimum atomic E-state index is -1.28. The maximum Gasteiger partial charge on any atom is 0.328 e. The van der Waals surface area contributed by atoms with Crippen LogP contribution in [0.25, 0.3) is 0 Å². The molecule has 1 rings (SSSR count). The molecule has 0 heterocycles. The molecule has 1 aromatic rings. The van der Waals surface area contributed by atoms with Crippen LogP contribution in [0.5, 0.6) is 0 Å². The molecule has 0 unspecified atom stereocenters. The van der Waals surface area contributed by atoms with Gasteiger partial charge in [-0.15, -0.1) is 0 Å². The van der Waals surface area contributed by atoms with Crippen molar-refractivity contribution in [2.24, 2.45) is 0 Å². The molecule has 18 heavy (non-hydrogen) atoms. The molecule has 0 spiro atoms. The van der Waals surface area contributed by atoms with E-state index in [1.54, 1.807) is 0 Å². The van der Waals surface area contributed by atoms with E-state index in [9.17, 15) is 9.59 Å². The van der Waals surface area contributed by atoms with E-state index in [0.717, 1.165) is 5.56 Å². The zero-order valence-corrected chi connectivity index (χ0v) is 10.5. The van der Waals surface area contributed by atoms with Crippen molar-refractivity contribution in [3.63, 3.8) is 0 Å². The van der Waals surface area contributed by atoms with Crippen molar-refractivity contribution in [1.29, 1.82) is 0 Å². The van der Waals surface area contributed by atoms with Crippen molar-refractivity contribution in [3.8, 4) is 0 Å². The molecule has 0 atom stereocenters. The lowest BCUT2D eigenvalue weighted by Crippen LogP contribution is -2.50. The molecule has 5 heteroatoms. The van der Waals surface area contributed by atoms with Crippen molar-refractivity contribution >= 4 is 11.9 Å². The van der Waals surface area contributed by atoms with Crippen molar-refractivity contribution in [2.45, 2.75) is 26.0 Å². The predicted octanol–water partition coefficient (Wildman–Crippen LogP) is 1.18. The van der Waals surface area contributed by atoms with Gasteiger partial charge in [-0.1, -0.05) is 30.3 Å². The largest absolute Gasteiger partial charge is 0.480 e. The molecular weight excluding hydrogens is 234 g/mol. The predicted molar refractivity (Wildman–Crippen MR) is 66.0 cm³/mol. The standard InChI is InChI=1S/C13H17NO4/c1-13(2,12(16)17)14-11(15)9-18-8-10-6-4-3-5-7-10/h3-7H,8-9H2,1-2H3,(H,14,15)(H,16,17). The normalized spacial score (nSPS) is 11.0. The van der Waals surface area contributed by atoms with E-state index in [-0.39, 0.29) is 6.61 Å². The summed E-state index contributed by atoms with van der Waals surface area (Å²) in [6.45, 7) is 3.00. The van der Waals surface area contributed by atoms with Gasteiger partial charge in [-0.25, -0.2) is 4.79 Å². The summed E-state index contributed by atoms with van der Waals surface area (Å²) in [6.07, 6.45) is 0. The average Bonchev–Trinajstić information content (AvgIpc) is 2.29. The lowest BCUT2D eigenvalue weighted by molar-refractivity contribution is -0.146. The summed E-state index contributed by atoms with van der Waals surface area (Å²) in [6, 6.07) is 9.43. The number of carboxylic acid groups (broad SMARTS) is 1. The topological polar surface area (TPSA) is 75.6 Å². The van der Waals surface area contributed by atoms with Crippen LogP contribution >= 0.6 is 0 Å². The Balaban J connectivity index is 2.32. The van der Waals surface area contributed by atoms with E-state index in [2.05, 4.69) is 5.32 Å². The molecule has 0 saturated carbocycles. The third-order valence-electron chi connectivity index (χ3n) is 2.33. The second-order valence-electron chi connectivity index (χ2n) is 4.46. The van der Waals surface area contributed by atoms with Crippen LogP contribution in [0.1, 0.15) is 19.4 Å². The van der Waals surface area contributed by atoms with Gasteiger partial charge in [0.2, 0.25) is 5.91 Å². The number of benzene rings is 1. The highest BCUT2D eigenvalue weighted by Crippen LogP contribution is 2.03. The molecule has 1 aromatic carbocycles. The molecule has 0 fully saturated rings. The van der Waals surface area contributed by atoms with Gasteiger partial charge in [0, 0.05) is 0 Å². The number of nitrogens with one attached hydrogen (secondary N) is 1. The second kappa shape index (κ2) is 6.16. The van der Waals surface area contributed by atoms with Gasteiger partial charge in [0.05, 0.1) is 6.61 Å². The minimum Gasteiger partial charge on any atom is -0.480 e. The molecule has 0 aromatic heterocycles. The number of amides is 1. The zero-order chi connectivity index (χ0) is 13.6. The molecule has 1 amide bonds. The van der Waals surface area contributed by atoms with Gasteiger partial charge in [-0.05, 0) is 19.4 Å². The first-order chi connectivity index (χ1) is 8.42. The maximum atomic E-state index is 11.5. The third kappa shape index (κ3) is 4.55. The summed E-state index contributed by atoms with van der Waals surface area (Å²) in [4.78, 5) is 22.3. The van der Waals surface area contributed by atoms with Crippen LogP contribution < -0.4 is 5.32 Å². The molecule has 0 aliphatic carbocycles. The van der Waals surface area contributed by atoms with Crippen LogP contribution in [-0.2, 0) is 20.9 Å². The first-order valence-corrected chi connectivity index (χ1v) is 5.58. The Kier molecular flexibility index (Phi) is 4.85. The quantitative estimate of drug-likeness (QED) is 0.796. The minimum absolute atomic E-state index is 0.161. The van der Waals surface area contributed by atoms with E-state index in [1.807, 2.05) is 30.3 Å². The monoisotopic (exact) mass is 251 g/mol. The van der Waals surface area contributed by atoms with Gasteiger partial charge in [0.15, 0.2) is 0 Å². The lowest BCUT2D eigenvalue weighted by Gasteiger charge is -2.20. The van der Waals surface area contributed by atoms with Crippen LogP contribution in [0.4, 0.5) is 0 Å². The van der Waals surface area contributed by atoms with Gasteiger partial charge in [0.1, 0.15) is 12.1 Å². The fraction of sp³-hybridized carbons (Fsp3) is 0.385. The Hall–Kier alpha value is -1.88. The summed E-state index contributed by atoms with van der Waals surface area (Å²) in [5, 5.41) is 11.2. The molecule has 5 nitrogen and oxygen atoms in total.